The summed E-state index contributed by atoms with van der Waals surface area (Å²) < 4.78 is 10.2. The lowest BCUT2D eigenvalue weighted by atomic mass is 10.3. The van der Waals surface area contributed by atoms with Gasteiger partial charge in [0.05, 0.1) is 16.9 Å². The van der Waals surface area contributed by atoms with Crippen molar-refractivity contribution in [2.75, 3.05) is 5.32 Å². The number of ether oxygens (including phenoxy) is 1. The quantitative estimate of drug-likeness (QED) is 0.534. The molecule has 1 atom stereocenters. The van der Waals surface area contributed by atoms with Gasteiger partial charge in [-0.2, -0.15) is 4.98 Å². The minimum Gasteiger partial charge on any atom is -0.453 e. The Morgan fingerprint density at radius 3 is 2.82 bits per heavy atom. The van der Waals surface area contributed by atoms with Crippen LogP contribution in [0, 0.1) is 0 Å². The normalized spacial score (nSPS) is 11.8. The molecule has 11 heteroatoms. The highest BCUT2D eigenvalue weighted by molar-refractivity contribution is 7.14. The summed E-state index contributed by atoms with van der Waals surface area (Å²) in [6.07, 6.45) is -0.864. The van der Waals surface area contributed by atoms with E-state index in [1.165, 1.54) is 24.3 Å². The molecule has 0 aromatic carbocycles. The number of esters is 1. The van der Waals surface area contributed by atoms with E-state index in [1.807, 2.05) is 17.5 Å². The minimum atomic E-state index is -1.04. The second-order valence-corrected chi connectivity index (χ2v) is 7.50. The maximum Gasteiger partial charge on any atom is 0.307 e. The van der Waals surface area contributed by atoms with Gasteiger partial charge in [0.1, 0.15) is 5.00 Å². The number of nitrogens with two attached hydrogens (primary N) is 1. The van der Waals surface area contributed by atoms with E-state index >= 15 is 0 Å². The van der Waals surface area contributed by atoms with Gasteiger partial charge >= 0.3 is 5.97 Å². The summed E-state index contributed by atoms with van der Waals surface area (Å²) in [5.74, 6) is -1.02. The van der Waals surface area contributed by atoms with Crippen LogP contribution in [0.2, 0.25) is 0 Å². The largest absolute Gasteiger partial charge is 0.453 e. The van der Waals surface area contributed by atoms with E-state index in [0.29, 0.717) is 16.7 Å². The molecule has 0 saturated heterocycles. The summed E-state index contributed by atoms with van der Waals surface area (Å²) in [5, 5.41) is 10.2. The van der Waals surface area contributed by atoms with E-state index in [-0.39, 0.29) is 18.4 Å². The number of amides is 2. The van der Waals surface area contributed by atoms with Crippen molar-refractivity contribution in [1.82, 2.24) is 10.1 Å². The third-order valence-corrected chi connectivity index (χ3v) is 5.29. The summed E-state index contributed by atoms with van der Waals surface area (Å²) in [6, 6.07) is 5.25. The highest BCUT2D eigenvalue weighted by Gasteiger charge is 2.21. The SMILES string of the molecule is CC(OC(=O)CCc1nc(-c2cccs2)no1)C(=O)Nc1sccc1C(N)=O. The zero-order valence-corrected chi connectivity index (χ0v) is 16.3. The Kier molecular flexibility index (Phi) is 6.16. The number of rotatable bonds is 8. The third kappa shape index (κ3) is 4.81. The van der Waals surface area contributed by atoms with Crippen LogP contribution in [0.5, 0.6) is 0 Å². The summed E-state index contributed by atoms with van der Waals surface area (Å²) in [6.45, 7) is 1.44. The summed E-state index contributed by atoms with van der Waals surface area (Å²) >= 11 is 2.63. The van der Waals surface area contributed by atoms with Crippen LogP contribution in [0.25, 0.3) is 10.7 Å². The Morgan fingerprint density at radius 1 is 1.29 bits per heavy atom. The lowest BCUT2D eigenvalue weighted by molar-refractivity contribution is -0.153. The Labute approximate surface area is 167 Å². The fourth-order valence-corrected chi connectivity index (χ4v) is 3.64. The van der Waals surface area contributed by atoms with E-state index in [9.17, 15) is 14.4 Å². The zero-order chi connectivity index (χ0) is 20.1. The van der Waals surface area contributed by atoms with Crippen molar-refractivity contribution in [3.8, 4) is 10.7 Å². The predicted molar refractivity (Wildman–Crippen MR) is 103 cm³/mol. The van der Waals surface area contributed by atoms with E-state index in [2.05, 4.69) is 15.5 Å². The number of primary amides is 1. The van der Waals surface area contributed by atoms with Crippen molar-refractivity contribution in [1.29, 1.82) is 0 Å². The molecular formula is C17H16N4O5S2. The topological polar surface area (TPSA) is 137 Å². The van der Waals surface area contributed by atoms with Gasteiger partial charge in [0, 0.05) is 6.42 Å². The van der Waals surface area contributed by atoms with Crippen LogP contribution in [0.15, 0.2) is 33.5 Å². The molecule has 9 nitrogen and oxygen atoms in total. The number of carbonyl (C=O) groups is 3. The summed E-state index contributed by atoms with van der Waals surface area (Å²) in [7, 11) is 0. The van der Waals surface area contributed by atoms with Gasteiger partial charge in [0.2, 0.25) is 11.7 Å². The second-order valence-electron chi connectivity index (χ2n) is 5.64. The molecule has 0 spiro atoms. The maximum atomic E-state index is 12.2. The van der Waals surface area contributed by atoms with Crippen LogP contribution in [-0.2, 0) is 20.7 Å². The van der Waals surface area contributed by atoms with Gasteiger partial charge in [0.25, 0.3) is 11.8 Å². The highest BCUT2D eigenvalue weighted by atomic mass is 32.1. The van der Waals surface area contributed by atoms with E-state index in [0.717, 1.165) is 16.2 Å². The fourth-order valence-electron chi connectivity index (χ4n) is 2.19. The monoisotopic (exact) mass is 420 g/mol. The Balaban J connectivity index is 1.48. The average molecular weight is 420 g/mol. The Hall–Kier alpha value is -3.05. The molecule has 0 fully saturated rings. The second kappa shape index (κ2) is 8.76. The maximum absolute atomic E-state index is 12.2. The molecule has 28 heavy (non-hydrogen) atoms. The van der Waals surface area contributed by atoms with E-state index < -0.39 is 23.9 Å². The molecule has 0 bridgehead atoms. The smallest absolute Gasteiger partial charge is 0.307 e. The van der Waals surface area contributed by atoms with Crippen molar-refractivity contribution in [2.45, 2.75) is 25.9 Å². The van der Waals surface area contributed by atoms with Crippen molar-refractivity contribution < 1.29 is 23.6 Å². The van der Waals surface area contributed by atoms with Crippen molar-refractivity contribution in [3.05, 3.63) is 40.4 Å². The molecule has 0 radical (unpaired) electrons. The molecule has 3 aromatic heterocycles. The number of hydrogen-bond donors (Lipinski definition) is 2. The summed E-state index contributed by atoms with van der Waals surface area (Å²) in [4.78, 5) is 40.5. The van der Waals surface area contributed by atoms with Crippen molar-refractivity contribution >= 4 is 45.5 Å². The first-order valence-electron chi connectivity index (χ1n) is 8.18. The van der Waals surface area contributed by atoms with Gasteiger partial charge in [-0.15, -0.1) is 22.7 Å². The van der Waals surface area contributed by atoms with Crippen molar-refractivity contribution in [3.63, 3.8) is 0 Å². The number of carbonyl (C=O) groups excluding carboxylic acids is 3. The molecule has 3 heterocycles. The number of hydrogen-bond acceptors (Lipinski definition) is 9. The van der Waals surface area contributed by atoms with E-state index in [1.54, 1.807) is 5.38 Å². The summed E-state index contributed by atoms with van der Waals surface area (Å²) in [5.41, 5.74) is 5.43. The van der Waals surface area contributed by atoms with Crippen LogP contribution in [-0.4, -0.2) is 34.0 Å². The number of nitrogens with zero attached hydrogens (tertiary/aromatic N) is 2. The van der Waals surface area contributed by atoms with Gasteiger partial charge in [-0.1, -0.05) is 11.2 Å². The number of aromatic nitrogens is 2. The highest BCUT2D eigenvalue weighted by Crippen LogP contribution is 2.23. The first-order valence-corrected chi connectivity index (χ1v) is 9.94. The minimum absolute atomic E-state index is 0.0186. The van der Waals surface area contributed by atoms with Gasteiger partial charge in [0.15, 0.2) is 6.10 Å². The first kappa shape index (κ1) is 19.7. The third-order valence-electron chi connectivity index (χ3n) is 3.60. The van der Waals surface area contributed by atoms with Gasteiger partial charge in [-0.05, 0) is 29.8 Å². The lowest BCUT2D eigenvalue weighted by Crippen LogP contribution is -2.30. The van der Waals surface area contributed by atoms with Crippen LogP contribution < -0.4 is 11.1 Å². The molecule has 3 N–H and O–H groups in total. The molecule has 3 aromatic rings. The zero-order valence-electron chi connectivity index (χ0n) is 14.7. The number of thiophene rings is 2. The Morgan fingerprint density at radius 2 is 2.11 bits per heavy atom. The van der Waals surface area contributed by atoms with Crippen LogP contribution >= 0.6 is 22.7 Å². The van der Waals surface area contributed by atoms with Crippen molar-refractivity contribution in [2.24, 2.45) is 5.73 Å². The molecule has 3 rings (SSSR count). The molecule has 0 saturated carbocycles. The number of aryl methyl sites for hydroxylation is 1. The van der Waals surface area contributed by atoms with Gasteiger partial charge in [-0.25, -0.2) is 0 Å². The molecule has 146 valence electrons. The van der Waals surface area contributed by atoms with Crippen LogP contribution in [0.1, 0.15) is 29.6 Å². The molecule has 0 aliphatic carbocycles. The standard InChI is InChI=1S/C17H16N4O5S2/c1-9(16(24)20-17-10(14(18)23)6-8-28-17)25-13(22)5-4-12-19-15(21-26-12)11-3-2-7-27-11/h2-3,6-9H,4-5H2,1H3,(H2,18,23)(H,20,24). The molecule has 1 unspecified atom stereocenters. The molecule has 0 aliphatic heterocycles. The van der Waals surface area contributed by atoms with Crippen LogP contribution in [0.3, 0.4) is 0 Å². The van der Waals surface area contributed by atoms with Gasteiger partial charge in [-0.3, -0.25) is 14.4 Å². The van der Waals surface area contributed by atoms with Crippen LogP contribution in [0.4, 0.5) is 5.00 Å². The fraction of sp³-hybridized carbons (Fsp3) is 0.235. The molecule has 2 amide bonds. The molecule has 0 aliphatic rings. The number of anilines is 1. The average Bonchev–Trinajstić information content (AvgIpc) is 3.40. The Bertz CT molecular complexity index is 980. The lowest BCUT2D eigenvalue weighted by Gasteiger charge is -2.13. The predicted octanol–water partition coefficient (Wildman–Crippen LogP) is 2.46. The first-order chi connectivity index (χ1) is 13.4. The molecular weight excluding hydrogens is 404 g/mol. The number of nitrogens with one attached hydrogen (secondary N) is 1. The van der Waals surface area contributed by atoms with Gasteiger partial charge < -0.3 is 20.3 Å². The van der Waals surface area contributed by atoms with E-state index in [4.69, 9.17) is 15.0 Å².